The molecule has 0 heterocycles. The molecule has 1 unspecified atom stereocenters. The van der Waals surface area contributed by atoms with Crippen LogP contribution in [0.2, 0.25) is 0 Å². The highest BCUT2D eigenvalue weighted by Crippen LogP contribution is 2.27. The van der Waals surface area contributed by atoms with Crippen LogP contribution in [0.5, 0.6) is 0 Å². The first-order chi connectivity index (χ1) is 12.7. The SMILES string of the molecule is COCC(C)(NC(=O)c1cccc(CSc2cc(C)ccc2C)c1)C(=O)O. The van der Waals surface area contributed by atoms with Crippen molar-refractivity contribution in [2.75, 3.05) is 13.7 Å². The van der Waals surface area contributed by atoms with Crippen LogP contribution in [0, 0.1) is 13.8 Å². The molecule has 27 heavy (non-hydrogen) atoms. The third kappa shape index (κ3) is 5.58. The van der Waals surface area contributed by atoms with Crippen LogP contribution in [-0.4, -0.2) is 36.2 Å². The van der Waals surface area contributed by atoms with Gasteiger partial charge in [0.2, 0.25) is 0 Å². The number of benzene rings is 2. The van der Waals surface area contributed by atoms with Gasteiger partial charge in [-0.25, -0.2) is 4.79 Å². The van der Waals surface area contributed by atoms with Crippen molar-refractivity contribution in [1.29, 1.82) is 0 Å². The second-order valence-electron chi connectivity index (χ2n) is 6.78. The van der Waals surface area contributed by atoms with Crippen LogP contribution >= 0.6 is 11.8 Å². The van der Waals surface area contributed by atoms with Crippen LogP contribution in [0.15, 0.2) is 47.4 Å². The monoisotopic (exact) mass is 387 g/mol. The number of aryl methyl sites for hydroxylation is 2. The predicted octanol–water partition coefficient (Wildman–Crippen LogP) is 3.82. The van der Waals surface area contributed by atoms with Crippen molar-refractivity contribution in [2.24, 2.45) is 0 Å². The first-order valence-electron chi connectivity index (χ1n) is 8.59. The molecule has 0 aliphatic rings. The second-order valence-corrected chi connectivity index (χ2v) is 7.80. The Kier molecular flexibility index (Phi) is 7.05. The van der Waals surface area contributed by atoms with Crippen LogP contribution in [-0.2, 0) is 15.3 Å². The Morgan fingerprint density at radius 3 is 2.59 bits per heavy atom. The lowest BCUT2D eigenvalue weighted by molar-refractivity contribution is -0.145. The number of amides is 1. The minimum atomic E-state index is -1.48. The van der Waals surface area contributed by atoms with Gasteiger partial charge in [-0.3, -0.25) is 4.79 Å². The number of nitrogens with one attached hydrogen (secondary N) is 1. The van der Waals surface area contributed by atoms with Crippen LogP contribution in [0.25, 0.3) is 0 Å². The fourth-order valence-corrected chi connectivity index (χ4v) is 3.66. The van der Waals surface area contributed by atoms with E-state index in [-0.39, 0.29) is 6.61 Å². The highest BCUT2D eigenvalue weighted by molar-refractivity contribution is 7.98. The molecule has 5 nitrogen and oxygen atoms in total. The summed E-state index contributed by atoms with van der Waals surface area (Å²) >= 11 is 1.72. The summed E-state index contributed by atoms with van der Waals surface area (Å²) in [6.07, 6.45) is 0. The average molecular weight is 388 g/mol. The summed E-state index contributed by atoms with van der Waals surface area (Å²) in [5.41, 5.74) is 2.38. The number of carbonyl (C=O) groups excluding carboxylic acids is 1. The Balaban J connectivity index is 2.11. The van der Waals surface area contributed by atoms with E-state index in [4.69, 9.17) is 4.74 Å². The molecule has 0 saturated carbocycles. The number of carbonyl (C=O) groups is 2. The maximum absolute atomic E-state index is 12.5. The largest absolute Gasteiger partial charge is 0.479 e. The molecule has 0 aromatic heterocycles. The fraction of sp³-hybridized carbons (Fsp3) is 0.333. The Morgan fingerprint density at radius 1 is 1.19 bits per heavy atom. The summed E-state index contributed by atoms with van der Waals surface area (Å²) < 4.78 is 4.94. The maximum Gasteiger partial charge on any atom is 0.331 e. The molecule has 144 valence electrons. The summed E-state index contributed by atoms with van der Waals surface area (Å²) in [5, 5.41) is 11.9. The van der Waals surface area contributed by atoms with Gasteiger partial charge >= 0.3 is 5.97 Å². The zero-order valence-electron chi connectivity index (χ0n) is 16.0. The molecule has 0 radical (unpaired) electrons. The van der Waals surface area contributed by atoms with Crippen molar-refractivity contribution in [1.82, 2.24) is 5.32 Å². The van der Waals surface area contributed by atoms with Gasteiger partial charge in [-0.1, -0.05) is 29.8 Å². The van der Waals surface area contributed by atoms with E-state index >= 15 is 0 Å². The van der Waals surface area contributed by atoms with E-state index in [9.17, 15) is 14.7 Å². The Labute approximate surface area is 164 Å². The molecule has 1 amide bonds. The number of rotatable bonds is 8. The number of hydrogen-bond donors (Lipinski definition) is 2. The maximum atomic E-state index is 12.5. The number of ether oxygens (including phenoxy) is 1. The molecule has 0 bridgehead atoms. The minimum absolute atomic E-state index is 0.115. The van der Waals surface area contributed by atoms with Crippen LogP contribution < -0.4 is 5.32 Å². The third-order valence-corrected chi connectivity index (χ3v) is 5.45. The minimum Gasteiger partial charge on any atom is -0.479 e. The number of carboxylic acids is 1. The number of methoxy groups -OCH3 is 1. The summed E-state index contributed by atoms with van der Waals surface area (Å²) in [5.74, 6) is -0.852. The predicted molar refractivity (Wildman–Crippen MR) is 107 cm³/mol. The molecule has 0 fully saturated rings. The van der Waals surface area contributed by atoms with E-state index < -0.39 is 17.4 Å². The molecular weight excluding hydrogens is 362 g/mol. The zero-order chi connectivity index (χ0) is 20.0. The van der Waals surface area contributed by atoms with Crippen molar-refractivity contribution in [3.8, 4) is 0 Å². The number of aliphatic carboxylic acids is 1. The Bertz CT molecular complexity index is 837. The molecule has 0 saturated heterocycles. The van der Waals surface area contributed by atoms with Gasteiger partial charge in [0.1, 0.15) is 0 Å². The summed E-state index contributed by atoms with van der Waals surface area (Å²) in [4.78, 5) is 25.2. The quantitative estimate of drug-likeness (QED) is 0.674. The van der Waals surface area contributed by atoms with Crippen LogP contribution in [0.4, 0.5) is 0 Å². The first-order valence-corrected chi connectivity index (χ1v) is 9.57. The summed E-state index contributed by atoms with van der Waals surface area (Å²) in [6.45, 7) is 5.45. The third-order valence-electron chi connectivity index (χ3n) is 4.22. The summed E-state index contributed by atoms with van der Waals surface area (Å²) in [6, 6.07) is 13.6. The van der Waals surface area contributed by atoms with Crippen LogP contribution in [0.1, 0.15) is 34.0 Å². The van der Waals surface area contributed by atoms with Crippen molar-refractivity contribution in [3.05, 3.63) is 64.7 Å². The van der Waals surface area contributed by atoms with Gasteiger partial charge < -0.3 is 15.2 Å². The van der Waals surface area contributed by atoms with Crippen molar-refractivity contribution < 1.29 is 19.4 Å². The number of carboxylic acid groups (broad SMARTS) is 1. The molecule has 2 N–H and O–H groups in total. The van der Waals surface area contributed by atoms with E-state index in [0.29, 0.717) is 5.56 Å². The topological polar surface area (TPSA) is 75.6 Å². The van der Waals surface area contributed by atoms with Gasteiger partial charge in [0.25, 0.3) is 5.91 Å². The molecule has 0 spiro atoms. The lowest BCUT2D eigenvalue weighted by atomic mass is 10.0. The normalized spacial score (nSPS) is 13.0. The average Bonchev–Trinajstić information content (AvgIpc) is 2.62. The highest BCUT2D eigenvalue weighted by Gasteiger charge is 2.35. The molecule has 1 atom stereocenters. The standard InChI is InChI=1S/C21H25NO4S/c1-14-8-9-15(2)18(10-14)27-12-16-6-5-7-17(11-16)19(23)22-21(3,13-26-4)20(24)25/h5-11H,12-13H2,1-4H3,(H,22,23)(H,24,25). The summed E-state index contributed by atoms with van der Waals surface area (Å²) in [7, 11) is 1.40. The van der Waals surface area contributed by atoms with Crippen molar-refractivity contribution in [2.45, 2.75) is 37.0 Å². The lowest BCUT2D eigenvalue weighted by Gasteiger charge is -2.25. The molecular formula is C21H25NO4S. The van der Waals surface area contributed by atoms with Gasteiger partial charge in [-0.05, 0) is 50.1 Å². The van der Waals surface area contributed by atoms with Gasteiger partial charge in [-0.2, -0.15) is 0 Å². The van der Waals surface area contributed by atoms with E-state index in [0.717, 1.165) is 11.3 Å². The number of hydrogen-bond acceptors (Lipinski definition) is 4. The van der Waals surface area contributed by atoms with Crippen molar-refractivity contribution in [3.63, 3.8) is 0 Å². The fourth-order valence-electron chi connectivity index (χ4n) is 2.59. The molecule has 2 aromatic carbocycles. The molecule has 2 rings (SSSR count). The van der Waals surface area contributed by atoms with E-state index in [1.165, 1.54) is 30.1 Å². The zero-order valence-corrected chi connectivity index (χ0v) is 16.9. The van der Waals surface area contributed by atoms with Crippen molar-refractivity contribution >= 4 is 23.6 Å². The first kappa shape index (κ1) is 21.0. The van der Waals surface area contributed by atoms with Gasteiger partial charge in [0.15, 0.2) is 5.54 Å². The lowest BCUT2D eigenvalue weighted by Crippen LogP contribution is -2.55. The van der Waals surface area contributed by atoms with Gasteiger partial charge in [0.05, 0.1) is 6.61 Å². The van der Waals surface area contributed by atoms with E-state index in [1.54, 1.807) is 23.9 Å². The molecule has 2 aromatic rings. The van der Waals surface area contributed by atoms with Gasteiger partial charge in [-0.15, -0.1) is 11.8 Å². The van der Waals surface area contributed by atoms with Gasteiger partial charge in [0, 0.05) is 23.3 Å². The van der Waals surface area contributed by atoms with E-state index in [2.05, 4.69) is 37.4 Å². The number of thioether (sulfide) groups is 1. The highest BCUT2D eigenvalue weighted by atomic mass is 32.2. The van der Waals surface area contributed by atoms with E-state index in [1.807, 2.05) is 12.1 Å². The molecule has 0 aliphatic carbocycles. The Morgan fingerprint density at radius 2 is 1.93 bits per heavy atom. The second kappa shape index (κ2) is 9.06. The Hall–Kier alpha value is -2.31. The molecule has 0 aliphatic heterocycles. The van der Waals surface area contributed by atoms with Crippen LogP contribution in [0.3, 0.4) is 0 Å². The smallest absolute Gasteiger partial charge is 0.331 e. The molecule has 6 heteroatoms.